The quantitative estimate of drug-likeness (QED) is 0.637. The summed E-state index contributed by atoms with van der Waals surface area (Å²) in [5, 5.41) is 0. The molecule has 0 radical (unpaired) electrons. The van der Waals surface area contributed by atoms with Gasteiger partial charge in [0, 0.05) is 51.1 Å². The normalized spacial score (nSPS) is 20.4. The summed E-state index contributed by atoms with van der Waals surface area (Å²) in [4.78, 5) is 17.7. The minimum absolute atomic E-state index is 0.0422. The highest BCUT2D eigenvalue weighted by Gasteiger charge is 2.32. The van der Waals surface area contributed by atoms with Crippen molar-refractivity contribution in [1.29, 1.82) is 0 Å². The molecule has 6 nitrogen and oxygen atoms in total. The number of amides is 1. The highest BCUT2D eigenvalue weighted by Crippen LogP contribution is 2.37. The van der Waals surface area contributed by atoms with Crippen LogP contribution in [0.1, 0.15) is 37.3 Å². The van der Waals surface area contributed by atoms with E-state index in [1.807, 2.05) is 6.07 Å². The number of anilines is 1. The highest BCUT2D eigenvalue weighted by molar-refractivity contribution is 7.99. The molecule has 0 aromatic heterocycles. The number of nitrogens with zero attached hydrogens (tertiary/aromatic N) is 3. The maximum absolute atomic E-state index is 13.5. The predicted molar refractivity (Wildman–Crippen MR) is 137 cm³/mol. The van der Waals surface area contributed by atoms with Crippen LogP contribution in [0, 0.1) is 5.92 Å². The maximum atomic E-state index is 13.5. The first kappa shape index (κ1) is 23.9. The molecule has 0 unspecified atom stereocenters. The molecule has 0 atom stereocenters. The maximum Gasteiger partial charge on any atom is 0.243 e. The van der Waals surface area contributed by atoms with Crippen molar-refractivity contribution in [3.05, 3.63) is 53.6 Å². The second-order valence-corrected chi connectivity index (χ2v) is 12.7. The van der Waals surface area contributed by atoms with Crippen molar-refractivity contribution in [3.63, 3.8) is 0 Å². The Bertz CT molecular complexity index is 1160. The molecule has 5 rings (SSSR count). The molecule has 34 heavy (non-hydrogen) atoms. The number of thioether (sulfide) groups is 1. The summed E-state index contributed by atoms with van der Waals surface area (Å²) in [7, 11) is -3.58. The average molecular weight is 500 g/mol. The van der Waals surface area contributed by atoms with E-state index in [-0.39, 0.29) is 5.91 Å². The summed E-state index contributed by atoms with van der Waals surface area (Å²) in [5.41, 5.74) is 3.62. The molecule has 2 aromatic carbocycles. The van der Waals surface area contributed by atoms with Gasteiger partial charge >= 0.3 is 0 Å². The minimum atomic E-state index is -3.58. The predicted octanol–water partition coefficient (Wildman–Crippen LogP) is 3.99. The molecule has 0 N–H and O–H groups in total. The van der Waals surface area contributed by atoms with E-state index in [2.05, 4.69) is 29.2 Å². The van der Waals surface area contributed by atoms with Gasteiger partial charge in [-0.1, -0.05) is 24.3 Å². The fourth-order valence-electron chi connectivity index (χ4n) is 5.40. The average Bonchev–Trinajstić information content (AvgIpc) is 3.06. The zero-order valence-electron chi connectivity index (χ0n) is 19.8. The summed E-state index contributed by atoms with van der Waals surface area (Å²) < 4.78 is 28.6. The number of piperidine rings is 1. The van der Waals surface area contributed by atoms with Gasteiger partial charge in [0.15, 0.2) is 0 Å². The van der Waals surface area contributed by atoms with Gasteiger partial charge in [-0.15, -0.1) is 11.8 Å². The molecule has 0 aliphatic carbocycles. The Kier molecular flexibility index (Phi) is 7.02. The molecule has 3 heterocycles. The molecular formula is C26H33N3O3S2. The second kappa shape index (κ2) is 10.0. The van der Waals surface area contributed by atoms with Crippen LogP contribution in [0.2, 0.25) is 0 Å². The van der Waals surface area contributed by atoms with Crippen molar-refractivity contribution < 1.29 is 13.2 Å². The van der Waals surface area contributed by atoms with Crippen molar-refractivity contribution in [2.24, 2.45) is 5.92 Å². The largest absolute Gasteiger partial charge is 0.311 e. The summed E-state index contributed by atoms with van der Waals surface area (Å²) >= 11 is 1.69. The molecule has 8 heteroatoms. The van der Waals surface area contributed by atoms with E-state index in [0.717, 1.165) is 61.7 Å². The Balaban J connectivity index is 1.24. The van der Waals surface area contributed by atoms with Crippen LogP contribution in [0.25, 0.3) is 0 Å². The fraction of sp³-hybridized carbons (Fsp3) is 0.500. The lowest BCUT2D eigenvalue weighted by Crippen LogP contribution is -2.42. The first-order chi connectivity index (χ1) is 16.4. The molecule has 1 amide bonds. The minimum Gasteiger partial charge on any atom is -0.311 e. The molecule has 0 saturated carbocycles. The van der Waals surface area contributed by atoms with E-state index >= 15 is 0 Å². The molecule has 0 bridgehead atoms. The summed E-state index contributed by atoms with van der Waals surface area (Å²) in [6.45, 7) is 6.40. The van der Waals surface area contributed by atoms with Gasteiger partial charge in [-0.3, -0.25) is 9.69 Å². The van der Waals surface area contributed by atoms with Gasteiger partial charge in [-0.25, -0.2) is 8.42 Å². The van der Waals surface area contributed by atoms with Gasteiger partial charge in [-0.2, -0.15) is 4.31 Å². The van der Waals surface area contributed by atoms with Crippen LogP contribution in [0.4, 0.5) is 5.69 Å². The Labute approximate surface area is 207 Å². The van der Waals surface area contributed by atoms with E-state index < -0.39 is 10.0 Å². The third-order valence-electron chi connectivity index (χ3n) is 7.32. The summed E-state index contributed by atoms with van der Waals surface area (Å²) in [5.74, 6) is 1.41. The monoisotopic (exact) mass is 499 g/mol. The van der Waals surface area contributed by atoms with Gasteiger partial charge in [0.2, 0.25) is 15.9 Å². The molecule has 3 aliphatic rings. The SMILES string of the molecule is CC(=O)N1CCCSc2ccc(S(=O)(=O)N3CCC(CN4CCc5ccccc5C4)CC3)cc21. The molecule has 2 aromatic rings. The molecule has 1 fully saturated rings. The van der Waals surface area contributed by atoms with Gasteiger partial charge in [0.05, 0.1) is 10.6 Å². The lowest BCUT2D eigenvalue weighted by molar-refractivity contribution is -0.116. The summed E-state index contributed by atoms with van der Waals surface area (Å²) in [6.07, 6.45) is 3.77. The van der Waals surface area contributed by atoms with Crippen LogP contribution in [0.3, 0.4) is 0 Å². The van der Waals surface area contributed by atoms with Crippen LogP contribution < -0.4 is 4.90 Å². The van der Waals surface area contributed by atoms with E-state index in [1.165, 1.54) is 11.1 Å². The van der Waals surface area contributed by atoms with Gasteiger partial charge < -0.3 is 4.90 Å². The first-order valence-electron chi connectivity index (χ1n) is 12.3. The molecule has 3 aliphatic heterocycles. The molecular weight excluding hydrogens is 466 g/mol. The fourth-order valence-corrected chi connectivity index (χ4v) is 7.86. The van der Waals surface area contributed by atoms with Crippen LogP contribution in [-0.2, 0) is 27.8 Å². The smallest absolute Gasteiger partial charge is 0.243 e. The zero-order valence-corrected chi connectivity index (χ0v) is 21.4. The van der Waals surface area contributed by atoms with Crippen molar-refractivity contribution in [2.45, 2.75) is 48.9 Å². The zero-order chi connectivity index (χ0) is 23.7. The number of carbonyl (C=O) groups is 1. The van der Waals surface area contributed by atoms with E-state index in [0.29, 0.717) is 30.4 Å². The van der Waals surface area contributed by atoms with Crippen molar-refractivity contribution in [2.75, 3.05) is 43.4 Å². The number of fused-ring (bicyclic) bond motifs is 2. The van der Waals surface area contributed by atoms with Crippen LogP contribution in [0.5, 0.6) is 0 Å². The summed E-state index contributed by atoms with van der Waals surface area (Å²) in [6, 6.07) is 14.0. The number of sulfonamides is 1. The Morgan fingerprint density at radius 2 is 1.79 bits per heavy atom. The number of hydrogen-bond donors (Lipinski definition) is 0. The Morgan fingerprint density at radius 1 is 1.03 bits per heavy atom. The highest BCUT2D eigenvalue weighted by atomic mass is 32.2. The van der Waals surface area contributed by atoms with Crippen molar-refractivity contribution in [1.82, 2.24) is 9.21 Å². The topological polar surface area (TPSA) is 60.9 Å². The lowest BCUT2D eigenvalue weighted by atomic mass is 9.94. The van der Waals surface area contributed by atoms with Crippen LogP contribution in [0.15, 0.2) is 52.3 Å². The molecule has 182 valence electrons. The Morgan fingerprint density at radius 3 is 2.56 bits per heavy atom. The second-order valence-electron chi connectivity index (χ2n) is 9.60. The van der Waals surface area contributed by atoms with E-state index in [9.17, 15) is 13.2 Å². The first-order valence-corrected chi connectivity index (χ1v) is 14.7. The third-order valence-corrected chi connectivity index (χ3v) is 10.4. The Hall–Kier alpha value is -1.87. The standard InChI is InChI=1S/C26H33N3O3S2/c1-20(30)29-12-4-16-33-26-8-7-24(17-25(26)29)34(31,32)28-14-9-21(10-15-28)18-27-13-11-22-5-2-3-6-23(22)19-27/h2-3,5-8,17,21H,4,9-16,18-19H2,1H3. The number of benzene rings is 2. The number of rotatable bonds is 4. The van der Waals surface area contributed by atoms with Crippen molar-refractivity contribution >= 4 is 33.4 Å². The van der Waals surface area contributed by atoms with Crippen molar-refractivity contribution in [3.8, 4) is 0 Å². The van der Waals surface area contributed by atoms with E-state index in [1.54, 1.807) is 40.0 Å². The number of hydrogen-bond acceptors (Lipinski definition) is 5. The van der Waals surface area contributed by atoms with Gasteiger partial charge in [0.1, 0.15) is 0 Å². The van der Waals surface area contributed by atoms with Crippen LogP contribution >= 0.6 is 11.8 Å². The van der Waals surface area contributed by atoms with E-state index in [4.69, 9.17) is 0 Å². The number of carbonyl (C=O) groups excluding carboxylic acids is 1. The lowest BCUT2D eigenvalue weighted by Gasteiger charge is -2.36. The molecule has 0 spiro atoms. The van der Waals surface area contributed by atoms with Gasteiger partial charge in [0.25, 0.3) is 0 Å². The van der Waals surface area contributed by atoms with Crippen LogP contribution in [-0.4, -0.2) is 62.0 Å². The third kappa shape index (κ3) is 4.91. The molecule has 1 saturated heterocycles. The van der Waals surface area contributed by atoms with Gasteiger partial charge in [-0.05, 0) is 66.7 Å².